The van der Waals surface area contributed by atoms with E-state index in [1.807, 2.05) is 12.1 Å². The Balaban J connectivity index is 2.41. The summed E-state index contributed by atoms with van der Waals surface area (Å²) in [5.41, 5.74) is 12.7. The van der Waals surface area contributed by atoms with Crippen molar-refractivity contribution in [1.29, 1.82) is 15.8 Å². The third-order valence-corrected chi connectivity index (χ3v) is 4.36. The number of halogens is 1. The third kappa shape index (κ3) is 3.05. The Hall–Kier alpha value is -4.56. The van der Waals surface area contributed by atoms with Crippen molar-refractivity contribution >= 4 is 29.0 Å². The van der Waals surface area contributed by atoms with Crippen LogP contribution in [-0.4, -0.2) is 25.0 Å². The molecule has 1 aromatic carbocycles. The van der Waals surface area contributed by atoms with Crippen LogP contribution in [0.2, 0.25) is 0 Å². The van der Waals surface area contributed by atoms with Crippen LogP contribution in [0, 0.1) is 39.9 Å². The predicted octanol–water partition coefficient (Wildman–Crippen LogP) is 1.14. The van der Waals surface area contributed by atoms with E-state index < -0.39 is 11.9 Å². The number of nitriles is 3. The number of fused-ring (bicyclic) bond motifs is 1. The SMILES string of the molecule is CN(C)c1c(C#N)ccc(F)c1C1N=C(NC#N)Nc2nc(N)c(C#N)c(N)c21. The molecule has 2 aromatic rings. The van der Waals surface area contributed by atoms with Crippen molar-refractivity contribution in [3.8, 4) is 18.3 Å². The van der Waals surface area contributed by atoms with Gasteiger partial charge in [0.15, 0.2) is 6.19 Å². The zero-order chi connectivity index (χ0) is 21.3. The van der Waals surface area contributed by atoms with Crippen molar-refractivity contribution in [1.82, 2.24) is 10.3 Å². The molecule has 1 aliphatic heterocycles. The molecular formula is C18H15FN10. The van der Waals surface area contributed by atoms with Gasteiger partial charge in [-0.2, -0.15) is 15.8 Å². The number of nitrogens with zero attached hydrogens (tertiary/aromatic N) is 6. The number of pyridine rings is 1. The van der Waals surface area contributed by atoms with E-state index in [9.17, 15) is 10.5 Å². The molecule has 144 valence electrons. The van der Waals surface area contributed by atoms with Crippen molar-refractivity contribution in [3.63, 3.8) is 0 Å². The first kappa shape index (κ1) is 19.2. The lowest BCUT2D eigenvalue weighted by atomic mass is 9.91. The van der Waals surface area contributed by atoms with Gasteiger partial charge in [-0.15, -0.1) is 0 Å². The Morgan fingerprint density at radius 1 is 1.17 bits per heavy atom. The second kappa shape index (κ2) is 7.22. The van der Waals surface area contributed by atoms with E-state index in [-0.39, 0.29) is 45.5 Å². The number of nitrogen functional groups attached to an aromatic ring is 2. The maximum absolute atomic E-state index is 15.0. The molecule has 1 unspecified atom stereocenters. The summed E-state index contributed by atoms with van der Waals surface area (Å²) >= 11 is 0. The summed E-state index contributed by atoms with van der Waals surface area (Å²) in [4.78, 5) is 10.1. The van der Waals surface area contributed by atoms with Crippen molar-refractivity contribution in [2.24, 2.45) is 4.99 Å². The molecule has 3 rings (SSSR count). The summed E-state index contributed by atoms with van der Waals surface area (Å²) in [7, 11) is 3.31. The van der Waals surface area contributed by atoms with Crippen LogP contribution in [0.3, 0.4) is 0 Å². The van der Waals surface area contributed by atoms with Crippen LogP contribution in [0.25, 0.3) is 0 Å². The lowest BCUT2D eigenvalue weighted by Crippen LogP contribution is -2.33. The molecular weight excluding hydrogens is 375 g/mol. The Labute approximate surface area is 165 Å². The molecule has 6 N–H and O–H groups in total. The molecule has 0 amide bonds. The fraction of sp³-hybridized carbons (Fsp3) is 0.167. The Bertz CT molecular complexity index is 1160. The average Bonchev–Trinajstić information content (AvgIpc) is 2.67. The van der Waals surface area contributed by atoms with Gasteiger partial charge in [0, 0.05) is 25.2 Å². The maximum atomic E-state index is 15.0. The smallest absolute Gasteiger partial charge is 0.211 e. The zero-order valence-corrected chi connectivity index (χ0v) is 15.4. The van der Waals surface area contributed by atoms with Gasteiger partial charge >= 0.3 is 0 Å². The van der Waals surface area contributed by atoms with Crippen LogP contribution in [0.1, 0.15) is 28.3 Å². The lowest BCUT2D eigenvalue weighted by molar-refractivity contribution is 0.598. The molecule has 10 nitrogen and oxygen atoms in total. The monoisotopic (exact) mass is 390 g/mol. The average molecular weight is 390 g/mol. The molecule has 0 radical (unpaired) electrons. The Kier molecular flexibility index (Phi) is 4.78. The predicted molar refractivity (Wildman–Crippen MR) is 105 cm³/mol. The van der Waals surface area contributed by atoms with E-state index >= 15 is 4.39 Å². The highest BCUT2D eigenvalue weighted by Gasteiger charge is 2.34. The van der Waals surface area contributed by atoms with Crippen molar-refractivity contribution in [2.75, 3.05) is 35.8 Å². The van der Waals surface area contributed by atoms with Crippen LogP contribution in [0.4, 0.5) is 27.4 Å². The minimum absolute atomic E-state index is 0.00697. The number of aromatic nitrogens is 1. The van der Waals surface area contributed by atoms with E-state index in [0.717, 1.165) is 6.07 Å². The van der Waals surface area contributed by atoms with Gasteiger partial charge in [-0.25, -0.2) is 14.4 Å². The van der Waals surface area contributed by atoms with Gasteiger partial charge in [-0.3, -0.25) is 5.32 Å². The van der Waals surface area contributed by atoms with Crippen LogP contribution >= 0.6 is 0 Å². The number of aliphatic imine (C=N–C) groups is 1. The van der Waals surface area contributed by atoms with E-state index in [4.69, 9.17) is 16.7 Å². The van der Waals surface area contributed by atoms with E-state index in [2.05, 4.69) is 20.6 Å². The quantitative estimate of drug-likeness (QED) is 0.432. The summed E-state index contributed by atoms with van der Waals surface area (Å²) in [5, 5.41) is 33.0. The summed E-state index contributed by atoms with van der Waals surface area (Å²) in [6, 6.07) is 5.34. The highest BCUT2D eigenvalue weighted by molar-refractivity contribution is 5.98. The number of nitrogens with one attached hydrogen (secondary N) is 2. The molecule has 1 aromatic heterocycles. The second-order valence-electron chi connectivity index (χ2n) is 6.27. The molecule has 0 fully saturated rings. The topological polar surface area (TPSA) is 176 Å². The minimum atomic E-state index is -1.09. The largest absolute Gasteiger partial charge is 0.397 e. The molecule has 0 saturated heterocycles. The highest BCUT2D eigenvalue weighted by atomic mass is 19.1. The normalized spacial score (nSPS) is 14.3. The number of rotatable bonds is 2. The van der Waals surface area contributed by atoms with Crippen LogP contribution in [0.5, 0.6) is 0 Å². The van der Waals surface area contributed by atoms with E-state index in [1.54, 1.807) is 25.2 Å². The van der Waals surface area contributed by atoms with Gasteiger partial charge < -0.3 is 21.7 Å². The molecule has 0 saturated carbocycles. The first-order valence-electron chi connectivity index (χ1n) is 8.22. The lowest BCUT2D eigenvalue weighted by Gasteiger charge is -2.29. The molecule has 29 heavy (non-hydrogen) atoms. The van der Waals surface area contributed by atoms with Crippen LogP contribution < -0.4 is 27.0 Å². The van der Waals surface area contributed by atoms with Crippen LogP contribution in [-0.2, 0) is 0 Å². The number of hydrogen-bond donors (Lipinski definition) is 4. The maximum Gasteiger partial charge on any atom is 0.211 e. The molecule has 0 aliphatic carbocycles. The van der Waals surface area contributed by atoms with Gasteiger partial charge in [0.1, 0.15) is 41.2 Å². The number of hydrogen-bond acceptors (Lipinski definition) is 10. The summed E-state index contributed by atoms with van der Waals surface area (Å²) in [6.07, 6.45) is 1.72. The molecule has 11 heteroatoms. The van der Waals surface area contributed by atoms with E-state index in [0.29, 0.717) is 5.69 Å². The summed E-state index contributed by atoms with van der Waals surface area (Å²) < 4.78 is 15.0. The van der Waals surface area contributed by atoms with Crippen molar-refractivity contribution < 1.29 is 4.39 Å². The molecule has 0 spiro atoms. The van der Waals surface area contributed by atoms with Crippen molar-refractivity contribution in [2.45, 2.75) is 6.04 Å². The van der Waals surface area contributed by atoms with E-state index in [1.165, 1.54) is 6.07 Å². The summed E-state index contributed by atoms with van der Waals surface area (Å²) in [5.74, 6) is -0.636. The molecule has 1 atom stereocenters. The second-order valence-corrected chi connectivity index (χ2v) is 6.27. The highest BCUT2D eigenvalue weighted by Crippen LogP contribution is 2.44. The molecule has 2 heterocycles. The fourth-order valence-electron chi connectivity index (χ4n) is 3.21. The molecule has 1 aliphatic rings. The first-order valence-corrected chi connectivity index (χ1v) is 8.22. The van der Waals surface area contributed by atoms with Crippen LogP contribution in [0.15, 0.2) is 17.1 Å². The minimum Gasteiger partial charge on any atom is -0.397 e. The number of guanidine groups is 1. The third-order valence-electron chi connectivity index (χ3n) is 4.36. The van der Waals surface area contributed by atoms with Gasteiger partial charge in [0.25, 0.3) is 0 Å². The van der Waals surface area contributed by atoms with Gasteiger partial charge in [0.2, 0.25) is 5.96 Å². The Morgan fingerprint density at radius 3 is 2.48 bits per heavy atom. The van der Waals surface area contributed by atoms with Gasteiger partial charge in [-0.1, -0.05) is 0 Å². The molecule has 0 bridgehead atoms. The number of benzene rings is 1. The van der Waals surface area contributed by atoms with Gasteiger partial charge in [0.05, 0.1) is 16.9 Å². The first-order chi connectivity index (χ1) is 13.8. The number of anilines is 4. The number of nitrogens with two attached hydrogens (primary N) is 2. The fourth-order valence-corrected chi connectivity index (χ4v) is 3.21. The van der Waals surface area contributed by atoms with Crippen molar-refractivity contribution in [3.05, 3.63) is 40.2 Å². The Morgan fingerprint density at radius 2 is 1.90 bits per heavy atom. The van der Waals surface area contributed by atoms with Gasteiger partial charge in [-0.05, 0) is 12.1 Å². The summed E-state index contributed by atoms with van der Waals surface area (Å²) in [6.45, 7) is 0. The standard InChI is InChI=1S/C18H15FN10/c1-29(2)15-8(5-20)3-4-10(19)11(15)14-12-13(23)9(6-21)16(24)27-17(12)28-18(26-14)25-7-22/h3-4,14H,1-2H3,(H6,23,24,25,26,27,28). The zero-order valence-electron chi connectivity index (χ0n) is 15.4.